The zero-order valence-electron chi connectivity index (χ0n) is 8.71. The van der Waals surface area contributed by atoms with Crippen LogP contribution in [0, 0.1) is 11.8 Å². The second kappa shape index (κ2) is 6.58. The molecule has 0 fully saturated rings. The third-order valence-electron chi connectivity index (χ3n) is 1.99. The summed E-state index contributed by atoms with van der Waals surface area (Å²) in [6.07, 6.45) is 1.98. The number of thiazole rings is 1. The van der Waals surface area contributed by atoms with Gasteiger partial charge in [-0.15, -0.1) is 23.2 Å². The van der Waals surface area contributed by atoms with Crippen molar-refractivity contribution in [3.8, 4) is 11.8 Å². The third kappa shape index (κ3) is 3.49. The van der Waals surface area contributed by atoms with Crippen LogP contribution in [0.25, 0.3) is 0 Å². The Morgan fingerprint density at radius 1 is 1.64 bits per heavy atom. The summed E-state index contributed by atoms with van der Waals surface area (Å²) in [6, 6.07) is 0.368. The van der Waals surface area contributed by atoms with Gasteiger partial charge in [-0.25, -0.2) is 4.98 Å². The van der Waals surface area contributed by atoms with Crippen LogP contribution in [0.4, 0.5) is 0 Å². The molecule has 0 saturated carbocycles. The molecule has 0 amide bonds. The lowest BCUT2D eigenvalue weighted by Gasteiger charge is -2.13. The minimum Gasteiger partial charge on any atom is -0.309 e. The molecular formula is C11H16N2S. The van der Waals surface area contributed by atoms with Gasteiger partial charge in [0, 0.05) is 11.8 Å². The summed E-state index contributed by atoms with van der Waals surface area (Å²) in [6.45, 7) is 4.97. The van der Waals surface area contributed by atoms with Crippen LogP contribution in [0.1, 0.15) is 38.4 Å². The van der Waals surface area contributed by atoms with E-state index in [-0.39, 0.29) is 0 Å². The SMILES string of the molecule is CC#CCCC(NCC)c1cscn1. The summed E-state index contributed by atoms with van der Waals surface area (Å²) in [4.78, 5) is 4.32. The summed E-state index contributed by atoms with van der Waals surface area (Å²) in [5, 5.41) is 5.52. The summed E-state index contributed by atoms with van der Waals surface area (Å²) in [7, 11) is 0. The minimum atomic E-state index is 0.368. The second-order valence-corrected chi connectivity index (χ2v) is 3.71. The Bertz CT molecular complexity index is 295. The number of hydrogen-bond donors (Lipinski definition) is 1. The molecule has 1 unspecified atom stereocenters. The number of nitrogens with zero attached hydrogens (tertiary/aromatic N) is 1. The van der Waals surface area contributed by atoms with E-state index in [1.165, 1.54) is 0 Å². The molecule has 2 nitrogen and oxygen atoms in total. The van der Waals surface area contributed by atoms with Crippen LogP contribution in [-0.2, 0) is 0 Å². The Morgan fingerprint density at radius 3 is 3.07 bits per heavy atom. The Hall–Kier alpha value is -0.850. The Balaban J connectivity index is 2.50. The zero-order chi connectivity index (χ0) is 10.2. The minimum absolute atomic E-state index is 0.368. The molecule has 0 radical (unpaired) electrons. The highest BCUT2D eigenvalue weighted by Gasteiger charge is 2.10. The van der Waals surface area contributed by atoms with Gasteiger partial charge in [0.05, 0.1) is 17.2 Å². The van der Waals surface area contributed by atoms with E-state index in [0.717, 1.165) is 25.1 Å². The normalized spacial score (nSPS) is 11.9. The van der Waals surface area contributed by atoms with Crippen molar-refractivity contribution in [2.75, 3.05) is 6.54 Å². The highest BCUT2D eigenvalue weighted by Crippen LogP contribution is 2.17. The fraction of sp³-hybridized carbons (Fsp3) is 0.545. The molecule has 0 aliphatic rings. The number of aromatic nitrogens is 1. The van der Waals surface area contributed by atoms with Gasteiger partial charge in [0.2, 0.25) is 0 Å². The van der Waals surface area contributed by atoms with E-state index in [9.17, 15) is 0 Å². The maximum absolute atomic E-state index is 4.32. The molecule has 1 aromatic rings. The van der Waals surface area contributed by atoms with Gasteiger partial charge in [-0.1, -0.05) is 6.92 Å². The van der Waals surface area contributed by atoms with E-state index in [2.05, 4.69) is 34.4 Å². The molecular weight excluding hydrogens is 192 g/mol. The lowest BCUT2D eigenvalue weighted by atomic mass is 10.1. The van der Waals surface area contributed by atoms with Crippen molar-refractivity contribution in [2.45, 2.75) is 32.7 Å². The van der Waals surface area contributed by atoms with Gasteiger partial charge in [0.25, 0.3) is 0 Å². The molecule has 14 heavy (non-hydrogen) atoms. The summed E-state index contributed by atoms with van der Waals surface area (Å²) < 4.78 is 0. The second-order valence-electron chi connectivity index (χ2n) is 2.99. The molecule has 0 saturated heterocycles. The molecule has 0 aliphatic heterocycles. The van der Waals surface area contributed by atoms with E-state index in [0.29, 0.717) is 6.04 Å². The van der Waals surface area contributed by atoms with Crippen molar-refractivity contribution in [1.29, 1.82) is 0 Å². The molecule has 0 spiro atoms. The van der Waals surface area contributed by atoms with Gasteiger partial charge in [0.1, 0.15) is 0 Å². The van der Waals surface area contributed by atoms with Crippen LogP contribution in [-0.4, -0.2) is 11.5 Å². The van der Waals surface area contributed by atoms with Gasteiger partial charge in [-0.05, 0) is 19.9 Å². The highest BCUT2D eigenvalue weighted by molar-refractivity contribution is 7.07. The van der Waals surface area contributed by atoms with E-state index in [1.54, 1.807) is 11.3 Å². The van der Waals surface area contributed by atoms with Gasteiger partial charge in [0.15, 0.2) is 0 Å². The first-order chi connectivity index (χ1) is 6.88. The third-order valence-corrected chi connectivity index (χ3v) is 2.60. The molecule has 0 bridgehead atoms. The Labute approximate surface area is 89.8 Å². The summed E-state index contributed by atoms with van der Waals surface area (Å²) >= 11 is 1.65. The van der Waals surface area contributed by atoms with Crippen molar-refractivity contribution < 1.29 is 0 Å². The van der Waals surface area contributed by atoms with E-state index >= 15 is 0 Å². The highest BCUT2D eigenvalue weighted by atomic mass is 32.1. The van der Waals surface area contributed by atoms with Crippen molar-refractivity contribution in [1.82, 2.24) is 10.3 Å². The smallest absolute Gasteiger partial charge is 0.0795 e. The predicted octanol–water partition coefficient (Wildman–Crippen LogP) is 2.60. The maximum atomic E-state index is 4.32. The molecule has 1 aromatic heterocycles. The molecule has 1 rings (SSSR count). The van der Waals surface area contributed by atoms with Crippen LogP contribution >= 0.6 is 11.3 Å². The standard InChI is InChI=1S/C11H16N2S/c1-3-5-6-7-10(12-4-2)11-8-14-9-13-11/h8-10,12H,4,6-7H2,1-2H3. The van der Waals surface area contributed by atoms with E-state index in [1.807, 2.05) is 12.4 Å². The Morgan fingerprint density at radius 2 is 2.50 bits per heavy atom. The van der Waals surface area contributed by atoms with Crippen molar-refractivity contribution >= 4 is 11.3 Å². The molecule has 1 atom stereocenters. The van der Waals surface area contributed by atoms with Gasteiger partial charge in [-0.3, -0.25) is 0 Å². The first-order valence-corrected chi connectivity index (χ1v) is 5.83. The van der Waals surface area contributed by atoms with Crippen LogP contribution in [0.2, 0.25) is 0 Å². The lowest BCUT2D eigenvalue weighted by Crippen LogP contribution is -2.20. The molecule has 0 aromatic carbocycles. The van der Waals surface area contributed by atoms with Crippen molar-refractivity contribution in [3.05, 3.63) is 16.6 Å². The van der Waals surface area contributed by atoms with Crippen LogP contribution in [0.3, 0.4) is 0 Å². The van der Waals surface area contributed by atoms with Crippen LogP contribution < -0.4 is 5.32 Å². The van der Waals surface area contributed by atoms with E-state index in [4.69, 9.17) is 0 Å². The maximum Gasteiger partial charge on any atom is 0.0795 e. The summed E-state index contributed by atoms with van der Waals surface area (Å²) in [5.41, 5.74) is 3.03. The number of nitrogens with one attached hydrogen (secondary N) is 1. The largest absolute Gasteiger partial charge is 0.309 e. The fourth-order valence-corrected chi connectivity index (χ4v) is 1.94. The van der Waals surface area contributed by atoms with Gasteiger partial charge >= 0.3 is 0 Å². The van der Waals surface area contributed by atoms with Crippen LogP contribution in [0.15, 0.2) is 10.9 Å². The lowest BCUT2D eigenvalue weighted by molar-refractivity contribution is 0.513. The zero-order valence-corrected chi connectivity index (χ0v) is 9.53. The van der Waals surface area contributed by atoms with Crippen molar-refractivity contribution in [3.63, 3.8) is 0 Å². The number of rotatable bonds is 5. The quantitative estimate of drug-likeness (QED) is 0.752. The molecule has 76 valence electrons. The molecule has 0 aliphatic carbocycles. The first-order valence-electron chi connectivity index (χ1n) is 4.89. The molecule has 1 heterocycles. The van der Waals surface area contributed by atoms with Gasteiger partial charge < -0.3 is 5.32 Å². The van der Waals surface area contributed by atoms with Crippen LogP contribution in [0.5, 0.6) is 0 Å². The summed E-state index contributed by atoms with van der Waals surface area (Å²) in [5.74, 6) is 6.00. The topological polar surface area (TPSA) is 24.9 Å². The average Bonchev–Trinajstić information content (AvgIpc) is 2.70. The fourth-order valence-electron chi connectivity index (χ4n) is 1.34. The van der Waals surface area contributed by atoms with E-state index < -0.39 is 0 Å². The Kier molecular flexibility index (Phi) is 5.28. The van der Waals surface area contributed by atoms with Gasteiger partial charge in [-0.2, -0.15) is 0 Å². The predicted molar refractivity (Wildman–Crippen MR) is 61.2 cm³/mol. The number of hydrogen-bond acceptors (Lipinski definition) is 3. The average molecular weight is 208 g/mol. The molecule has 1 N–H and O–H groups in total. The monoisotopic (exact) mass is 208 g/mol. The van der Waals surface area contributed by atoms with Crippen molar-refractivity contribution in [2.24, 2.45) is 0 Å². The molecule has 3 heteroatoms. The first kappa shape index (κ1) is 11.2.